The van der Waals surface area contributed by atoms with E-state index >= 15 is 0 Å². The second-order valence-electron chi connectivity index (χ2n) is 6.16. The standard InChI is InChI=1S/C19H19ClN2O/c1-13(2)10-18-21-17-9-8-15(20)11-16(17)19(23)22(18)12-14-6-4-3-5-7-14/h3-9,11,13H,10,12H2,1-2H3. The highest BCUT2D eigenvalue weighted by atomic mass is 35.5. The van der Waals surface area contributed by atoms with Gasteiger partial charge in [0.05, 0.1) is 17.4 Å². The quantitative estimate of drug-likeness (QED) is 0.716. The van der Waals surface area contributed by atoms with Crippen LogP contribution in [0.2, 0.25) is 5.02 Å². The molecule has 0 atom stereocenters. The molecule has 0 spiro atoms. The van der Waals surface area contributed by atoms with E-state index in [4.69, 9.17) is 16.6 Å². The van der Waals surface area contributed by atoms with Gasteiger partial charge in [-0.05, 0) is 29.7 Å². The van der Waals surface area contributed by atoms with Crippen LogP contribution in [0.1, 0.15) is 25.2 Å². The molecular formula is C19H19ClN2O. The van der Waals surface area contributed by atoms with E-state index < -0.39 is 0 Å². The summed E-state index contributed by atoms with van der Waals surface area (Å²) in [6.07, 6.45) is 0.765. The molecule has 0 fully saturated rings. The topological polar surface area (TPSA) is 34.9 Å². The monoisotopic (exact) mass is 326 g/mol. The van der Waals surface area contributed by atoms with Gasteiger partial charge in [-0.25, -0.2) is 4.98 Å². The van der Waals surface area contributed by atoms with Crippen LogP contribution in [0.15, 0.2) is 53.3 Å². The van der Waals surface area contributed by atoms with E-state index in [1.54, 1.807) is 16.7 Å². The number of hydrogen-bond donors (Lipinski definition) is 0. The summed E-state index contributed by atoms with van der Waals surface area (Å²) in [6, 6.07) is 15.3. The van der Waals surface area contributed by atoms with Crippen molar-refractivity contribution in [3.05, 3.63) is 75.3 Å². The van der Waals surface area contributed by atoms with Gasteiger partial charge in [0, 0.05) is 11.4 Å². The van der Waals surface area contributed by atoms with Crippen LogP contribution < -0.4 is 5.56 Å². The number of aromatic nitrogens is 2. The van der Waals surface area contributed by atoms with Gasteiger partial charge in [-0.2, -0.15) is 0 Å². The molecule has 0 aliphatic heterocycles. The molecule has 118 valence electrons. The summed E-state index contributed by atoms with van der Waals surface area (Å²) in [6.45, 7) is 4.79. The predicted octanol–water partition coefficient (Wildman–Crippen LogP) is 4.30. The molecule has 3 nitrogen and oxygen atoms in total. The number of benzene rings is 2. The van der Waals surface area contributed by atoms with Crippen LogP contribution in [0, 0.1) is 5.92 Å². The Bertz CT molecular complexity index is 885. The molecule has 1 heterocycles. The van der Waals surface area contributed by atoms with Crippen molar-refractivity contribution in [3.63, 3.8) is 0 Å². The van der Waals surface area contributed by atoms with E-state index in [2.05, 4.69) is 13.8 Å². The molecule has 1 aromatic heterocycles. The van der Waals surface area contributed by atoms with Crippen LogP contribution in [0.25, 0.3) is 10.9 Å². The van der Waals surface area contributed by atoms with Gasteiger partial charge in [0.1, 0.15) is 5.82 Å². The Labute approximate surface area is 140 Å². The van der Waals surface area contributed by atoms with E-state index in [0.717, 1.165) is 17.8 Å². The molecule has 0 amide bonds. The summed E-state index contributed by atoms with van der Waals surface area (Å²) in [7, 11) is 0. The Hall–Kier alpha value is -2.13. The maximum Gasteiger partial charge on any atom is 0.261 e. The van der Waals surface area contributed by atoms with Gasteiger partial charge < -0.3 is 0 Å². The van der Waals surface area contributed by atoms with E-state index in [0.29, 0.717) is 28.4 Å². The highest BCUT2D eigenvalue weighted by Crippen LogP contribution is 2.17. The first-order valence-electron chi connectivity index (χ1n) is 7.77. The molecule has 4 heteroatoms. The molecule has 0 saturated heterocycles. The zero-order valence-corrected chi connectivity index (χ0v) is 14.0. The van der Waals surface area contributed by atoms with E-state index in [-0.39, 0.29) is 5.56 Å². The van der Waals surface area contributed by atoms with Crippen molar-refractivity contribution >= 4 is 22.5 Å². The van der Waals surface area contributed by atoms with Crippen molar-refractivity contribution in [1.82, 2.24) is 9.55 Å². The third-order valence-electron chi connectivity index (χ3n) is 3.77. The van der Waals surface area contributed by atoms with Gasteiger partial charge in [0.2, 0.25) is 0 Å². The molecule has 3 aromatic rings. The van der Waals surface area contributed by atoms with Crippen molar-refractivity contribution < 1.29 is 0 Å². The van der Waals surface area contributed by atoms with Crippen molar-refractivity contribution in [3.8, 4) is 0 Å². The molecule has 3 rings (SSSR count). The highest BCUT2D eigenvalue weighted by molar-refractivity contribution is 6.31. The molecule has 0 radical (unpaired) electrons. The van der Waals surface area contributed by atoms with Crippen molar-refractivity contribution in [1.29, 1.82) is 0 Å². The number of rotatable bonds is 4. The Kier molecular flexibility index (Phi) is 4.49. The lowest BCUT2D eigenvalue weighted by molar-refractivity contribution is 0.574. The molecule has 0 saturated carbocycles. The van der Waals surface area contributed by atoms with Crippen LogP contribution in [-0.2, 0) is 13.0 Å². The molecule has 0 bridgehead atoms. The first-order chi connectivity index (χ1) is 11.0. The Morgan fingerprint density at radius 1 is 1.13 bits per heavy atom. The SMILES string of the molecule is CC(C)Cc1nc2ccc(Cl)cc2c(=O)n1Cc1ccccc1. The lowest BCUT2D eigenvalue weighted by atomic mass is 10.1. The second kappa shape index (κ2) is 6.55. The second-order valence-corrected chi connectivity index (χ2v) is 6.60. The molecular weight excluding hydrogens is 308 g/mol. The summed E-state index contributed by atoms with van der Waals surface area (Å²) in [5, 5.41) is 1.13. The van der Waals surface area contributed by atoms with Crippen molar-refractivity contribution in [2.24, 2.45) is 5.92 Å². The lowest BCUT2D eigenvalue weighted by Gasteiger charge is -2.15. The summed E-state index contributed by atoms with van der Waals surface area (Å²) in [5.41, 5.74) is 1.76. The number of nitrogens with zero attached hydrogens (tertiary/aromatic N) is 2. The van der Waals surface area contributed by atoms with Crippen LogP contribution in [-0.4, -0.2) is 9.55 Å². The van der Waals surface area contributed by atoms with E-state index in [9.17, 15) is 4.79 Å². The van der Waals surface area contributed by atoms with Crippen LogP contribution in [0.3, 0.4) is 0 Å². The minimum absolute atomic E-state index is 0.0306. The average molecular weight is 327 g/mol. The van der Waals surface area contributed by atoms with Crippen LogP contribution in [0.4, 0.5) is 0 Å². The highest BCUT2D eigenvalue weighted by Gasteiger charge is 2.13. The Balaban J connectivity index is 2.19. The zero-order valence-electron chi connectivity index (χ0n) is 13.3. The number of halogens is 1. The summed E-state index contributed by atoms with van der Waals surface area (Å²) in [4.78, 5) is 17.7. The van der Waals surface area contributed by atoms with Crippen molar-refractivity contribution in [2.75, 3.05) is 0 Å². The fourth-order valence-corrected chi connectivity index (χ4v) is 2.86. The first kappa shape index (κ1) is 15.8. The average Bonchev–Trinajstić information content (AvgIpc) is 2.52. The minimum atomic E-state index is -0.0306. The van der Waals surface area contributed by atoms with Gasteiger partial charge >= 0.3 is 0 Å². The summed E-state index contributed by atoms with van der Waals surface area (Å²) < 4.78 is 1.77. The van der Waals surface area contributed by atoms with Gasteiger partial charge in [-0.15, -0.1) is 0 Å². The summed E-state index contributed by atoms with van der Waals surface area (Å²) in [5.74, 6) is 1.25. The van der Waals surface area contributed by atoms with Crippen LogP contribution >= 0.6 is 11.6 Å². The minimum Gasteiger partial charge on any atom is -0.292 e. The lowest BCUT2D eigenvalue weighted by Crippen LogP contribution is -2.26. The van der Waals surface area contributed by atoms with Crippen molar-refractivity contribution in [2.45, 2.75) is 26.8 Å². The number of hydrogen-bond acceptors (Lipinski definition) is 2. The maximum absolute atomic E-state index is 13.0. The van der Waals surface area contributed by atoms with E-state index in [1.807, 2.05) is 36.4 Å². The molecule has 0 aliphatic carbocycles. The normalized spacial score (nSPS) is 11.3. The Morgan fingerprint density at radius 2 is 1.87 bits per heavy atom. The first-order valence-corrected chi connectivity index (χ1v) is 8.15. The van der Waals surface area contributed by atoms with Gasteiger partial charge in [-0.1, -0.05) is 55.8 Å². The van der Waals surface area contributed by atoms with Gasteiger partial charge in [-0.3, -0.25) is 9.36 Å². The third kappa shape index (κ3) is 3.45. The zero-order chi connectivity index (χ0) is 16.4. The molecule has 0 unspecified atom stereocenters. The Morgan fingerprint density at radius 3 is 2.57 bits per heavy atom. The number of fused-ring (bicyclic) bond motifs is 1. The fourth-order valence-electron chi connectivity index (χ4n) is 2.69. The largest absolute Gasteiger partial charge is 0.292 e. The van der Waals surface area contributed by atoms with E-state index in [1.165, 1.54) is 0 Å². The third-order valence-corrected chi connectivity index (χ3v) is 4.00. The molecule has 0 aliphatic rings. The fraction of sp³-hybridized carbons (Fsp3) is 0.263. The predicted molar refractivity (Wildman–Crippen MR) is 95.1 cm³/mol. The maximum atomic E-state index is 13.0. The molecule has 23 heavy (non-hydrogen) atoms. The van der Waals surface area contributed by atoms with Crippen LogP contribution in [0.5, 0.6) is 0 Å². The summed E-state index contributed by atoms with van der Waals surface area (Å²) >= 11 is 6.05. The molecule has 0 N–H and O–H groups in total. The smallest absolute Gasteiger partial charge is 0.261 e. The van der Waals surface area contributed by atoms with Gasteiger partial charge in [0.15, 0.2) is 0 Å². The molecule has 2 aromatic carbocycles. The van der Waals surface area contributed by atoms with Gasteiger partial charge in [0.25, 0.3) is 5.56 Å².